The van der Waals surface area contributed by atoms with Crippen LogP contribution in [0.15, 0.2) is 66.0 Å². The van der Waals surface area contributed by atoms with Gasteiger partial charge in [0.25, 0.3) is 11.6 Å². The maximum absolute atomic E-state index is 12.6. The second-order valence-electron chi connectivity index (χ2n) is 7.65. The van der Waals surface area contributed by atoms with Crippen LogP contribution in [-0.2, 0) is 4.79 Å². The van der Waals surface area contributed by atoms with Crippen LogP contribution in [0.25, 0.3) is 0 Å². The predicted octanol–water partition coefficient (Wildman–Crippen LogP) is 4.81. The van der Waals surface area contributed by atoms with Crippen LogP contribution >= 0.6 is 11.3 Å². The van der Waals surface area contributed by atoms with Gasteiger partial charge in [-0.15, -0.1) is 11.3 Å². The van der Waals surface area contributed by atoms with Gasteiger partial charge in [0.1, 0.15) is 0 Å². The van der Waals surface area contributed by atoms with E-state index >= 15 is 0 Å². The van der Waals surface area contributed by atoms with E-state index in [0.717, 1.165) is 10.4 Å². The van der Waals surface area contributed by atoms with E-state index in [1.807, 2.05) is 29.6 Å². The van der Waals surface area contributed by atoms with Gasteiger partial charge < -0.3 is 10.6 Å². The highest BCUT2D eigenvalue weighted by atomic mass is 32.1. The molecule has 1 heterocycles. The molecule has 8 heteroatoms. The third kappa shape index (κ3) is 6.01. The Labute approximate surface area is 190 Å². The van der Waals surface area contributed by atoms with Crippen molar-refractivity contribution in [1.29, 1.82) is 0 Å². The number of rotatable bonds is 9. The summed E-state index contributed by atoms with van der Waals surface area (Å²) in [4.78, 5) is 36.0. The van der Waals surface area contributed by atoms with E-state index in [1.165, 1.54) is 29.8 Å². The summed E-state index contributed by atoms with van der Waals surface area (Å²) in [6, 6.07) is 17.3. The van der Waals surface area contributed by atoms with Crippen LogP contribution in [0.4, 0.5) is 5.69 Å². The minimum Gasteiger partial charge on any atom is -0.352 e. The van der Waals surface area contributed by atoms with Crippen LogP contribution in [0.5, 0.6) is 0 Å². The summed E-state index contributed by atoms with van der Waals surface area (Å²) in [6.45, 7) is 4.43. The van der Waals surface area contributed by atoms with Crippen molar-refractivity contribution in [3.8, 4) is 0 Å². The highest BCUT2D eigenvalue weighted by Gasteiger charge is 2.18. The summed E-state index contributed by atoms with van der Waals surface area (Å²) in [5.41, 5.74) is 2.46. The zero-order chi connectivity index (χ0) is 23.1. The number of carbonyl (C=O) groups excluding carboxylic acids is 2. The second kappa shape index (κ2) is 10.7. The normalized spacial score (nSPS) is 11.7. The molecular weight excluding hydrogens is 426 g/mol. The van der Waals surface area contributed by atoms with E-state index in [1.54, 1.807) is 11.3 Å². The van der Waals surface area contributed by atoms with Crippen LogP contribution in [0, 0.1) is 10.1 Å². The van der Waals surface area contributed by atoms with Crippen molar-refractivity contribution in [2.45, 2.75) is 32.2 Å². The van der Waals surface area contributed by atoms with Crippen LogP contribution in [0.1, 0.15) is 58.6 Å². The lowest BCUT2D eigenvalue weighted by Crippen LogP contribution is -2.33. The molecule has 0 radical (unpaired) electrons. The van der Waals surface area contributed by atoms with Gasteiger partial charge in [-0.1, -0.05) is 44.2 Å². The van der Waals surface area contributed by atoms with Crippen molar-refractivity contribution in [2.75, 3.05) is 6.54 Å². The average Bonchev–Trinajstić information content (AvgIpc) is 3.32. The minimum absolute atomic E-state index is 0.0815. The van der Waals surface area contributed by atoms with Gasteiger partial charge in [0.2, 0.25) is 5.91 Å². The molecule has 0 fully saturated rings. The van der Waals surface area contributed by atoms with Gasteiger partial charge in [0.05, 0.1) is 11.0 Å². The first-order valence-corrected chi connectivity index (χ1v) is 11.2. The molecule has 1 atom stereocenters. The zero-order valence-electron chi connectivity index (χ0n) is 17.9. The number of non-ortho nitro benzene ring substituents is 1. The lowest BCUT2D eigenvalue weighted by atomic mass is 9.98. The molecule has 1 unspecified atom stereocenters. The number of carbonyl (C=O) groups is 2. The largest absolute Gasteiger partial charge is 0.352 e. The number of amides is 2. The van der Waals surface area contributed by atoms with Crippen molar-refractivity contribution < 1.29 is 14.5 Å². The molecule has 2 amide bonds. The number of benzene rings is 2. The van der Waals surface area contributed by atoms with E-state index in [9.17, 15) is 19.7 Å². The average molecular weight is 452 g/mol. The number of nitro groups is 1. The first-order chi connectivity index (χ1) is 15.3. The Hall–Kier alpha value is -3.52. The smallest absolute Gasteiger partial charge is 0.269 e. The summed E-state index contributed by atoms with van der Waals surface area (Å²) in [5.74, 6) is -0.134. The van der Waals surface area contributed by atoms with Crippen LogP contribution in [0.3, 0.4) is 0 Å². The fourth-order valence-electron chi connectivity index (χ4n) is 3.21. The summed E-state index contributed by atoms with van der Waals surface area (Å²) in [6.07, 6.45) is 0.116. The van der Waals surface area contributed by atoms with E-state index < -0.39 is 4.92 Å². The van der Waals surface area contributed by atoms with Crippen molar-refractivity contribution in [3.63, 3.8) is 0 Å². The molecule has 0 saturated carbocycles. The lowest BCUT2D eigenvalue weighted by Gasteiger charge is -2.19. The quantitative estimate of drug-likeness (QED) is 0.360. The third-order valence-corrected chi connectivity index (χ3v) is 5.98. The van der Waals surface area contributed by atoms with Gasteiger partial charge in [-0.3, -0.25) is 19.7 Å². The summed E-state index contributed by atoms with van der Waals surface area (Å²) in [7, 11) is 0. The van der Waals surface area contributed by atoms with Gasteiger partial charge in [-0.25, -0.2) is 0 Å². The first kappa shape index (κ1) is 23.1. The number of nitrogens with one attached hydrogen (secondary N) is 2. The van der Waals surface area contributed by atoms with Crippen molar-refractivity contribution in [2.24, 2.45) is 0 Å². The molecule has 2 N–H and O–H groups in total. The molecule has 3 rings (SSSR count). The van der Waals surface area contributed by atoms with Gasteiger partial charge in [0, 0.05) is 35.5 Å². The standard InChI is InChI=1S/C24H25N3O4S/c1-16(2)17-5-7-18(8-6-17)23(21-4-3-15-32-21)26-22(28)13-14-25-24(29)19-9-11-20(12-10-19)27(30)31/h3-12,15-16,23H,13-14H2,1-2H3,(H,25,29)(H,26,28). The number of thiophene rings is 1. The Balaban J connectivity index is 1.58. The van der Waals surface area contributed by atoms with E-state index in [-0.39, 0.29) is 36.5 Å². The molecule has 0 bridgehead atoms. The Morgan fingerprint density at radius 3 is 2.22 bits per heavy atom. The Kier molecular flexibility index (Phi) is 7.72. The molecule has 1 aromatic heterocycles. The summed E-state index contributed by atoms with van der Waals surface area (Å²) in [5, 5.41) is 18.4. The molecule has 166 valence electrons. The number of nitro benzene ring substituents is 1. The highest BCUT2D eigenvalue weighted by Crippen LogP contribution is 2.27. The first-order valence-electron chi connectivity index (χ1n) is 10.3. The minimum atomic E-state index is -0.521. The lowest BCUT2D eigenvalue weighted by molar-refractivity contribution is -0.384. The second-order valence-corrected chi connectivity index (χ2v) is 8.63. The molecule has 0 spiro atoms. The van der Waals surface area contributed by atoms with Crippen molar-refractivity contribution in [1.82, 2.24) is 10.6 Å². The maximum Gasteiger partial charge on any atom is 0.269 e. The van der Waals surface area contributed by atoms with Gasteiger partial charge >= 0.3 is 0 Å². The predicted molar refractivity (Wildman–Crippen MR) is 125 cm³/mol. The monoisotopic (exact) mass is 451 g/mol. The fraction of sp³-hybridized carbons (Fsp3) is 0.250. The number of hydrogen-bond acceptors (Lipinski definition) is 5. The molecule has 0 aliphatic rings. The SMILES string of the molecule is CC(C)c1ccc(C(NC(=O)CCNC(=O)c2ccc([N+](=O)[O-])cc2)c2cccs2)cc1. The molecule has 0 saturated heterocycles. The summed E-state index contributed by atoms with van der Waals surface area (Å²) < 4.78 is 0. The van der Waals surface area contributed by atoms with Crippen molar-refractivity contribution in [3.05, 3.63) is 97.7 Å². The van der Waals surface area contributed by atoms with E-state index in [4.69, 9.17) is 0 Å². The molecule has 0 aliphatic carbocycles. The maximum atomic E-state index is 12.6. The van der Waals surface area contributed by atoms with E-state index in [2.05, 4.69) is 36.6 Å². The molecule has 3 aromatic rings. The topological polar surface area (TPSA) is 101 Å². The van der Waals surface area contributed by atoms with Gasteiger partial charge in [-0.05, 0) is 40.6 Å². The zero-order valence-corrected chi connectivity index (χ0v) is 18.7. The molecule has 0 aliphatic heterocycles. The van der Waals surface area contributed by atoms with Gasteiger partial charge in [0.15, 0.2) is 0 Å². The number of nitrogens with zero attached hydrogens (tertiary/aromatic N) is 1. The van der Waals surface area contributed by atoms with Crippen LogP contribution in [0.2, 0.25) is 0 Å². The Bertz CT molecular complexity index is 1060. The van der Waals surface area contributed by atoms with Gasteiger partial charge in [-0.2, -0.15) is 0 Å². The fourth-order valence-corrected chi connectivity index (χ4v) is 4.01. The molecule has 32 heavy (non-hydrogen) atoms. The third-order valence-electron chi connectivity index (χ3n) is 5.05. The van der Waals surface area contributed by atoms with Crippen LogP contribution < -0.4 is 10.6 Å². The Morgan fingerprint density at radius 1 is 1.00 bits per heavy atom. The molecular formula is C24H25N3O4S. The molecule has 7 nitrogen and oxygen atoms in total. The number of hydrogen-bond donors (Lipinski definition) is 2. The molecule has 2 aromatic carbocycles. The Morgan fingerprint density at radius 2 is 1.66 bits per heavy atom. The van der Waals surface area contributed by atoms with Crippen LogP contribution in [-0.4, -0.2) is 23.3 Å². The summed E-state index contributed by atoms with van der Waals surface area (Å²) >= 11 is 1.58. The van der Waals surface area contributed by atoms with Crippen molar-refractivity contribution >= 4 is 28.8 Å². The van der Waals surface area contributed by atoms with E-state index in [0.29, 0.717) is 11.5 Å². The highest BCUT2D eigenvalue weighted by molar-refractivity contribution is 7.10.